The van der Waals surface area contributed by atoms with Gasteiger partial charge in [0.1, 0.15) is 11.3 Å². The van der Waals surface area contributed by atoms with Gasteiger partial charge in [-0.3, -0.25) is 14.8 Å². The summed E-state index contributed by atoms with van der Waals surface area (Å²) in [5, 5.41) is 0. The molecule has 3 N–H and O–H groups in total. The maximum absolute atomic E-state index is 11.1. The second kappa shape index (κ2) is 3.89. The van der Waals surface area contributed by atoms with Crippen LogP contribution in [-0.2, 0) is 0 Å². The fraction of sp³-hybridized carbons (Fsp3) is 0.167. The van der Waals surface area contributed by atoms with Crippen LogP contribution >= 0.6 is 0 Å². The zero-order valence-corrected chi connectivity index (χ0v) is 10.4. The van der Waals surface area contributed by atoms with Gasteiger partial charge in [0, 0.05) is 0 Å². The Kier molecular flexibility index (Phi) is 3.25. The minimum Gasteiger partial charge on any atom is -0.336 e. The summed E-state index contributed by atoms with van der Waals surface area (Å²) < 4.78 is 0. The number of fused-ring (bicyclic) bond motifs is 1. The number of nitrogens with zero attached hydrogens (tertiary/aromatic N) is 1. The number of aromatic nitrogens is 4. The minimum atomic E-state index is -0.543. The van der Waals surface area contributed by atoms with Crippen LogP contribution < -0.4 is 62.6 Å². The van der Waals surface area contributed by atoms with E-state index in [1.54, 1.807) is 6.92 Å². The Morgan fingerprint density at radius 1 is 1.15 bits per heavy atom. The van der Waals surface area contributed by atoms with Gasteiger partial charge in [-0.05, 0) is 6.92 Å². The Bertz CT molecular complexity index is 537. The van der Waals surface area contributed by atoms with Crippen LogP contribution in [0.25, 0.3) is 11.2 Å². The quantitative estimate of drug-likeness (QED) is 0.386. The molecule has 0 saturated carbocycles. The van der Waals surface area contributed by atoms with Crippen molar-refractivity contribution in [1.82, 2.24) is 19.9 Å². The number of hydrogen-bond donors (Lipinski definition) is 3. The van der Waals surface area contributed by atoms with Gasteiger partial charge in [0.15, 0.2) is 5.65 Å². The van der Waals surface area contributed by atoms with E-state index in [0.717, 1.165) is 0 Å². The van der Waals surface area contributed by atoms with Crippen LogP contribution in [0.15, 0.2) is 9.59 Å². The molecule has 13 heavy (non-hydrogen) atoms. The van der Waals surface area contributed by atoms with Crippen molar-refractivity contribution in [1.29, 1.82) is 0 Å². The second-order valence-electron chi connectivity index (χ2n) is 2.45. The average Bonchev–Trinajstić information content (AvgIpc) is 2.29. The number of aryl methyl sites for hydroxylation is 1. The van der Waals surface area contributed by atoms with Crippen LogP contribution in [-0.4, -0.2) is 19.9 Å². The number of aromatic amines is 3. The molecule has 0 aromatic carbocycles. The second-order valence-corrected chi connectivity index (χ2v) is 2.45. The first-order valence-corrected chi connectivity index (χ1v) is 3.36. The van der Waals surface area contributed by atoms with Crippen molar-refractivity contribution in [3.63, 3.8) is 0 Å². The fourth-order valence-electron chi connectivity index (χ4n) is 1.05. The summed E-state index contributed by atoms with van der Waals surface area (Å²) in [5.74, 6) is 0.595. The minimum absolute atomic E-state index is 0. The first kappa shape index (κ1) is 10.9. The summed E-state index contributed by atoms with van der Waals surface area (Å²) in [6.45, 7) is 1.71. The van der Waals surface area contributed by atoms with Crippen molar-refractivity contribution in [3.05, 3.63) is 26.7 Å². The number of H-pyrrole nitrogens is 3. The van der Waals surface area contributed by atoms with E-state index in [2.05, 4.69) is 19.9 Å². The molecular formula is C6H6KN4O2+. The number of hydrogen-bond acceptors (Lipinski definition) is 3. The van der Waals surface area contributed by atoms with Gasteiger partial charge in [-0.25, -0.2) is 9.78 Å². The largest absolute Gasteiger partial charge is 1.00 e. The van der Waals surface area contributed by atoms with Crippen LogP contribution in [0.2, 0.25) is 0 Å². The first-order chi connectivity index (χ1) is 5.66. The van der Waals surface area contributed by atoms with E-state index in [1.165, 1.54) is 0 Å². The van der Waals surface area contributed by atoms with E-state index in [0.29, 0.717) is 17.0 Å². The Morgan fingerprint density at radius 3 is 2.54 bits per heavy atom. The van der Waals surface area contributed by atoms with E-state index < -0.39 is 11.2 Å². The molecule has 0 aliphatic rings. The summed E-state index contributed by atoms with van der Waals surface area (Å²) in [5.41, 5.74) is -0.401. The third kappa shape index (κ3) is 2.00. The molecule has 2 heterocycles. The molecular weight excluding hydrogens is 199 g/mol. The normalized spacial score (nSPS) is 9.92. The molecule has 62 valence electrons. The Hall–Kier alpha value is -0.214. The van der Waals surface area contributed by atoms with Gasteiger partial charge in [-0.1, -0.05) is 0 Å². The van der Waals surface area contributed by atoms with Crippen molar-refractivity contribution in [2.24, 2.45) is 0 Å². The molecule has 0 fully saturated rings. The van der Waals surface area contributed by atoms with Gasteiger partial charge in [0.05, 0.1) is 0 Å². The van der Waals surface area contributed by atoms with Crippen LogP contribution in [0.5, 0.6) is 0 Å². The smallest absolute Gasteiger partial charge is 0.336 e. The zero-order valence-electron chi connectivity index (χ0n) is 7.26. The van der Waals surface area contributed by atoms with Gasteiger partial charge in [0.2, 0.25) is 0 Å². The number of nitrogens with one attached hydrogen (secondary N) is 3. The molecule has 0 spiro atoms. The fourth-order valence-corrected chi connectivity index (χ4v) is 1.05. The van der Waals surface area contributed by atoms with Gasteiger partial charge >= 0.3 is 57.1 Å². The predicted molar refractivity (Wildman–Crippen MR) is 42.1 cm³/mol. The molecule has 0 unspecified atom stereocenters. The van der Waals surface area contributed by atoms with Crippen molar-refractivity contribution in [2.75, 3.05) is 0 Å². The molecule has 0 amide bonds. The monoisotopic (exact) mass is 205 g/mol. The molecule has 2 rings (SSSR count). The van der Waals surface area contributed by atoms with Crippen molar-refractivity contribution in [2.45, 2.75) is 6.92 Å². The van der Waals surface area contributed by atoms with E-state index in [1.807, 2.05) is 0 Å². The molecule has 2 aromatic rings. The van der Waals surface area contributed by atoms with Crippen LogP contribution in [0.3, 0.4) is 0 Å². The van der Waals surface area contributed by atoms with Crippen LogP contribution in [0.4, 0.5) is 0 Å². The molecule has 0 bridgehead atoms. The van der Waals surface area contributed by atoms with Crippen molar-refractivity contribution < 1.29 is 51.4 Å². The zero-order chi connectivity index (χ0) is 8.72. The summed E-state index contributed by atoms with van der Waals surface area (Å²) in [7, 11) is 0. The number of imidazole rings is 1. The van der Waals surface area contributed by atoms with Crippen molar-refractivity contribution in [3.8, 4) is 0 Å². The molecule has 6 nitrogen and oxygen atoms in total. The van der Waals surface area contributed by atoms with Crippen LogP contribution in [0.1, 0.15) is 5.82 Å². The standard InChI is InChI=1S/C6H6N4O2.K/c1-2-7-3-4(8-2)9-6(12)10-5(3)11;/h1H3,(H3,7,8,9,10,11,12);/q;+1. The summed E-state index contributed by atoms with van der Waals surface area (Å²) >= 11 is 0. The van der Waals surface area contributed by atoms with Crippen molar-refractivity contribution >= 4 is 11.2 Å². The summed E-state index contributed by atoms with van der Waals surface area (Å²) in [6, 6.07) is 0. The van der Waals surface area contributed by atoms with E-state index in [4.69, 9.17) is 0 Å². The van der Waals surface area contributed by atoms with Gasteiger partial charge in [-0.2, -0.15) is 0 Å². The third-order valence-electron chi connectivity index (χ3n) is 1.51. The van der Waals surface area contributed by atoms with Gasteiger partial charge < -0.3 is 4.98 Å². The maximum atomic E-state index is 11.1. The topological polar surface area (TPSA) is 94.4 Å². The first-order valence-electron chi connectivity index (χ1n) is 3.36. The van der Waals surface area contributed by atoms with E-state index in [9.17, 15) is 9.59 Å². The molecule has 0 radical (unpaired) electrons. The maximum Gasteiger partial charge on any atom is 1.00 e. The molecule has 0 atom stereocenters. The summed E-state index contributed by atoms with van der Waals surface area (Å²) in [6.07, 6.45) is 0. The van der Waals surface area contributed by atoms with Crippen LogP contribution in [0, 0.1) is 6.92 Å². The Labute approximate surface area is 115 Å². The Balaban J connectivity index is 0.000000845. The number of rotatable bonds is 0. The van der Waals surface area contributed by atoms with E-state index >= 15 is 0 Å². The predicted octanol–water partition coefficient (Wildman–Crippen LogP) is -3.75. The summed E-state index contributed by atoms with van der Waals surface area (Å²) in [4.78, 5) is 32.9. The average molecular weight is 205 g/mol. The SMILES string of the molecule is Cc1nc2[nH]c(=O)[nH]c(=O)c2[nH]1.[K+]. The van der Waals surface area contributed by atoms with Gasteiger partial charge in [-0.15, -0.1) is 0 Å². The Morgan fingerprint density at radius 2 is 1.85 bits per heavy atom. The third-order valence-corrected chi connectivity index (χ3v) is 1.51. The molecule has 0 aliphatic heterocycles. The van der Waals surface area contributed by atoms with E-state index in [-0.39, 0.29) is 51.4 Å². The molecule has 2 aromatic heterocycles. The molecule has 0 aliphatic carbocycles. The molecule has 7 heteroatoms. The van der Waals surface area contributed by atoms with Gasteiger partial charge in [0.25, 0.3) is 5.56 Å². The molecule has 0 saturated heterocycles.